The fourth-order valence-corrected chi connectivity index (χ4v) is 4.59. The zero-order valence-electron chi connectivity index (χ0n) is 17.8. The van der Waals surface area contributed by atoms with E-state index in [4.69, 9.17) is 4.74 Å². The molecule has 0 saturated carbocycles. The highest BCUT2D eigenvalue weighted by atomic mass is 19.1. The van der Waals surface area contributed by atoms with Crippen molar-refractivity contribution in [1.29, 1.82) is 0 Å². The molecule has 1 saturated heterocycles. The molecule has 1 spiro atoms. The van der Waals surface area contributed by atoms with Crippen molar-refractivity contribution < 1.29 is 13.9 Å². The molecular formula is C24H26FN5O2. The summed E-state index contributed by atoms with van der Waals surface area (Å²) in [5.41, 5.74) is 1.32. The molecule has 166 valence electrons. The van der Waals surface area contributed by atoms with Gasteiger partial charge in [-0.1, -0.05) is 18.2 Å². The molecule has 3 aromatic rings. The predicted octanol–water partition coefficient (Wildman–Crippen LogP) is 2.62. The number of fused-ring (bicyclic) bond motifs is 2. The van der Waals surface area contributed by atoms with Gasteiger partial charge in [0.05, 0.1) is 18.8 Å². The fraction of sp³-hybridized carbons (Fsp3) is 0.375. The van der Waals surface area contributed by atoms with Crippen LogP contribution in [0.15, 0.2) is 61.1 Å². The molecule has 2 aliphatic rings. The Kier molecular flexibility index (Phi) is 5.71. The van der Waals surface area contributed by atoms with Crippen molar-refractivity contribution in [3.8, 4) is 0 Å². The lowest BCUT2D eigenvalue weighted by atomic mass is 9.88. The van der Waals surface area contributed by atoms with E-state index in [1.165, 1.54) is 12.1 Å². The molecule has 7 nitrogen and oxygen atoms in total. The van der Waals surface area contributed by atoms with Crippen LogP contribution in [0.2, 0.25) is 0 Å². The summed E-state index contributed by atoms with van der Waals surface area (Å²) in [4.78, 5) is 24.1. The minimum absolute atomic E-state index is 0.136. The number of imidazole rings is 1. The second kappa shape index (κ2) is 8.80. The van der Waals surface area contributed by atoms with Crippen LogP contribution >= 0.6 is 0 Å². The molecule has 1 aromatic carbocycles. The predicted molar refractivity (Wildman–Crippen MR) is 116 cm³/mol. The number of halogens is 1. The number of pyridine rings is 1. The molecular weight excluding hydrogens is 409 g/mol. The van der Waals surface area contributed by atoms with E-state index in [2.05, 4.69) is 20.2 Å². The van der Waals surface area contributed by atoms with Gasteiger partial charge in [-0.15, -0.1) is 0 Å². The average molecular weight is 436 g/mol. The first-order chi connectivity index (χ1) is 15.6. The van der Waals surface area contributed by atoms with E-state index in [1.807, 2.05) is 41.1 Å². The first kappa shape index (κ1) is 20.8. The van der Waals surface area contributed by atoms with Gasteiger partial charge in [-0.05, 0) is 42.7 Å². The highest BCUT2D eigenvalue weighted by molar-refractivity contribution is 5.80. The lowest BCUT2D eigenvalue weighted by Crippen LogP contribution is -2.53. The number of ether oxygens (including phenoxy) is 1. The van der Waals surface area contributed by atoms with Crippen LogP contribution in [0.4, 0.5) is 4.39 Å². The lowest BCUT2D eigenvalue weighted by Gasteiger charge is -2.45. The van der Waals surface area contributed by atoms with Gasteiger partial charge >= 0.3 is 0 Å². The van der Waals surface area contributed by atoms with E-state index in [1.54, 1.807) is 12.4 Å². The third-order valence-corrected chi connectivity index (χ3v) is 6.30. The van der Waals surface area contributed by atoms with Crippen molar-refractivity contribution >= 4 is 5.91 Å². The molecule has 1 atom stereocenters. The quantitative estimate of drug-likeness (QED) is 0.667. The number of carbonyl (C=O) groups is 1. The van der Waals surface area contributed by atoms with Crippen LogP contribution in [0.1, 0.15) is 29.9 Å². The Morgan fingerprint density at radius 3 is 2.69 bits per heavy atom. The van der Waals surface area contributed by atoms with E-state index in [-0.39, 0.29) is 11.7 Å². The topological polar surface area (TPSA) is 72.3 Å². The molecule has 0 bridgehead atoms. The van der Waals surface area contributed by atoms with E-state index in [0.29, 0.717) is 13.1 Å². The summed E-state index contributed by atoms with van der Waals surface area (Å²) >= 11 is 0. The molecule has 8 heteroatoms. The lowest BCUT2D eigenvalue weighted by molar-refractivity contribution is -0.174. The summed E-state index contributed by atoms with van der Waals surface area (Å²) in [6, 6.07) is 12.3. The third-order valence-electron chi connectivity index (χ3n) is 6.30. The number of rotatable bonds is 5. The van der Waals surface area contributed by atoms with Crippen molar-refractivity contribution in [3.63, 3.8) is 0 Å². The Balaban J connectivity index is 1.25. The summed E-state index contributed by atoms with van der Waals surface area (Å²) < 4.78 is 21.7. The van der Waals surface area contributed by atoms with E-state index >= 15 is 0 Å². The van der Waals surface area contributed by atoms with Gasteiger partial charge in [0, 0.05) is 38.2 Å². The second-order valence-corrected chi connectivity index (χ2v) is 8.45. The molecule has 5 rings (SSSR count). The summed E-state index contributed by atoms with van der Waals surface area (Å²) in [5.74, 6) is 0.539. The van der Waals surface area contributed by atoms with Gasteiger partial charge in [-0.3, -0.25) is 14.7 Å². The van der Waals surface area contributed by atoms with Crippen LogP contribution < -0.4 is 5.32 Å². The Morgan fingerprint density at radius 2 is 1.94 bits per heavy atom. The number of likely N-dealkylation sites (tertiary alicyclic amines) is 1. The molecule has 0 aliphatic carbocycles. The van der Waals surface area contributed by atoms with Gasteiger partial charge in [0.2, 0.25) is 0 Å². The number of hydrogen-bond donors (Lipinski definition) is 1. The fourth-order valence-electron chi connectivity index (χ4n) is 4.59. The first-order valence-corrected chi connectivity index (χ1v) is 11.0. The van der Waals surface area contributed by atoms with Crippen LogP contribution in [-0.2, 0) is 34.8 Å². The number of nitrogens with zero attached hydrogens (tertiary/aromatic N) is 4. The van der Waals surface area contributed by atoms with Gasteiger partial charge in [-0.25, -0.2) is 9.37 Å². The number of aromatic nitrogens is 3. The van der Waals surface area contributed by atoms with Crippen molar-refractivity contribution in [2.75, 3.05) is 13.1 Å². The van der Waals surface area contributed by atoms with Crippen molar-refractivity contribution in [3.05, 3.63) is 84.0 Å². The molecule has 0 radical (unpaired) electrons. The van der Waals surface area contributed by atoms with Crippen LogP contribution in [-0.4, -0.2) is 44.5 Å². The van der Waals surface area contributed by atoms with Gasteiger partial charge in [0.25, 0.3) is 5.91 Å². The van der Waals surface area contributed by atoms with Gasteiger partial charge in [-0.2, -0.15) is 0 Å². The largest absolute Gasteiger partial charge is 0.352 e. The van der Waals surface area contributed by atoms with Gasteiger partial charge in [0.1, 0.15) is 17.2 Å². The Hall–Kier alpha value is -3.10. The monoisotopic (exact) mass is 435 g/mol. The maximum atomic E-state index is 13.2. The zero-order chi connectivity index (χ0) is 22.0. The Bertz CT molecular complexity index is 1060. The molecule has 2 aliphatic heterocycles. The van der Waals surface area contributed by atoms with E-state index in [9.17, 15) is 9.18 Å². The highest BCUT2D eigenvalue weighted by Gasteiger charge is 2.47. The first-order valence-electron chi connectivity index (χ1n) is 11.0. The summed E-state index contributed by atoms with van der Waals surface area (Å²) in [6.07, 6.45) is 6.32. The molecule has 1 amide bonds. The SMILES string of the molecule is O=C(NCc1ccccn1)[C@H]1Cn2ccnc2C2(CCN(Cc3ccc(F)cc3)CC2)O1. The minimum atomic E-state index is -0.580. The van der Waals surface area contributed by atoms with E-state index in [0.717, 1.165) is 49.6 Å². The third kappa shape index (κ3) is 4.28. The second-order valence-electron chi connectivity index (χ2n) is 8.45. The van der Waals surface area contributed by atoms with E-state index < -0.39 is 11.7 Å². The maximum Gasteiger partial charge on any atom is 0.251 e. The van der Waals surface area contributed by atoms with Crippen molar-refractivity contribution in [1.82, 2.24) is 24.8 Å². The van der Waals surface area contributed by atoms with Crippen molar-refractivity contribution in [2.24, 2.45) is 0 Å². The van der Waals surface area contributed by atoms with Crippen LogP contribution in [0.3, 0.4) is 0 Å². The molecule has 32 heavy (non-hydrogen) atoms. The number of amides is 1. The van der Waals surface area contributed by atoms with Gasteiger partial charge < -0.3 is 14.6 Å². The smallest absolute Gasteiger partial charge is 0.251 e. The van der Waals surface area contributed by atoms with Crippen LogP contribution in [0, 0.1) is 5.82 Å². The molecule has 1 N–H and O–H groups in total. The average Bonchev–Trinajstić information content (AvgIpc) is 3.31. The minimum Gasteiger partial charge on any atom is -0.352 e. The van der Waals surface area contributed by atoms with Crippen LogP contribution in [0.25, 0.3) is 0 Å². The highest BCUT2D eigenvalue weighted by Crippen LogP contribution is 2.40. The zero-order valence-corrected chi connectivity index (χ0v) is 17.8. The van der Waals surface area contributed by atoms with Crippen LogP contribution in [0.5, 0.6) is 0 Å². The molecule has 4 heterocycles. The number of hydrogen-bond acceptors (Lipinski definition) is 5. The summed E-state index contributed by atoms with van der Waals surface area (Å²) in [7, 11) is 0. The maximum absolute atomic E-state index is 13.2. The Labute approximate surface area is 186 Å². The summed E-state index contributed by atoms with van der Waals surface area (Å²) in [5, 5.41) is 2.96. The Morgan fingerprint density at radius 1 is 1.12 bits per heavy atom. The standard InChI is InChI=1S/C24H26FN5O2/c25-19-6-4-18(5-7-19)16-29-12-8-24(9-13-29)23-27-11-14-30(23)17-21(32-24)22(31)28-15-20-3-1-2-10-26-20/h1-7,10-11,14,21H,8-9,12-13,15-17H2,(H,28,31)/t21-/m1/s1. The van der Waals surface area contributed by atoms with Crippen molar-refractivity contribution in [2.45, 2.75) is 44.2 Å². The van der Waals surface area contributed by atoms with Gasteiger partial charge in [0.15, 0.2) is 6.10 Å². The summed E-state index contributed by atoms with van der Waals surface area (Å²) in [6.45, 7) is 3.21. The number of carbonyl (C=O) groups excluding carboxylic acids is 1. The number of piperidine rings is 1. The number of benzene rings is 1. The molecule has 2 aromatic heterocycles. The normalized spacial score (nSPS) is 20.1. The number of nitrogens with one attached hydrogen (secondary N) is 1. The molecule has 1 fully saturated rings. The molecule has 0 unspecified atom stereocenters.